The molecule has 3 rings (SSSR count). The molecule has 1 heterocycles. The highest BCUT2D eigenvalue weighted by molar-refractivity contribution is 6.04. The lowest BCUT2D eigenvalue weighted by atomic mass is 10.0. The zero-order valence-electron chi connectivity index (χ0n) is 17.0. The molecule has 2 aromatic carbocycles. The number of rotatable bonds is 6. The van der Waals surface area contributed by atoms with E-state index in [2.05, 4.69) is 18.9 Å². The minimum absolute atomic E-state index is 0.0249. The van der Waals surface area contributed by atoms with Gasteiger partial charge in [-0.2, -0.15) is 5.10 Å². The molecule has 6 nitrogen and oxygen atoms in total. The summed E-state index contributed by atoms with van der Waals surface area (Å²) in [5, 5.41) is 5.00. The molecule has 0 atom stereocenters. The molecule has 0 aliphatic heterocycles. The summed E-state index contributed by atoms with van der Waals surface area (Å²) in [6, 6.07) is 13.8. The second-order valence-corrected chi connectivity index (χ2v) is 7.51. The number of aromatic nitrogens is 2. The number of nitrogens with zero attached hydrogens (tertiary/aromatic N) is 2. The third-order valence-corrected chi connectivity index (χ3v) is 4.74. The molecule has 6 heteroatoms. The fourth-order valence-corrected chi connectivity index (χ4v) is 3.04. The van der Waals surface area contributed by atoms with E-state index in [0.717, 1.165) is 5.56 Å². The van der Waals surface area contributed by atoms with E-state index in [-0.39, 0.29) is 23.1 Å². The van der Waals surface area contributed by atoms with Crippen LogP contribution in [0.2, 0.25) is 0 Å². The summed E-state index contributed by atoms with van der Waals surface area (Å²) in [5.41, 5.74) is 1.36. The van der Waals surface area contributed by atoms with Crippen LogP contribution >= 0.6 is 0 Å². The van der Waals surface area contributed by atoms with Crippen LogP contribution in [0.15, 0.2) is 53.3 Å². The van der Waals surface area contributed by atoms with Crippen molar-refractivity contribution in [2.75, 3.05) is 6.61 Å². The standard InChI is InChI=1S/C23H24N2O4/c1-14(2)16-9-11-17(12-10-16)20(26)13-29-23(28)21-18-7-5-6-8-19(18)22(27)25(24-21)15(3)4/h5-12,14-15H,13H2,1-4H3. The van der Waals surface area contributed by atoms with E-state index >= 15 is 0 Å². The minimum atomic E-state index is -0.734. The van der Waals surface area contributed by atoms with Crippen LogP contribution in [0.4, 0.5) is 0 Å². The molecule has 3 aromatic rings. The first-order chi connectivity index (χ1) is 13.8. The van der Waals surface area contributed by atoms with Crippen LogP contribution in [0, 0.1) is 0 Å². The maximum atomic E-state index is 12.7. The smallest absolute Gasteiger partial charge is 0.359 e. The summed E-state index contributed by atoms with van der Waals surface area (Å²) < 4.78 is 6.49. The first-order valence-electron chi connectivity index (χ1n) is 9.61. The summed E-state index contributed by atoms with van der Waals surface area (Å²) in [6.07, 6.45) is 0. The number of ketones is 1. The Morgan fingerprint density at radius 1 is 0.966 bits per heavy atom. The molecule has 0 N–H and O–H groups in total. The summed E-state index contributed by atoms with van der Waals surface area (Å²) in [4.78, 5) is 37.6. The largest absolute Gasteiger partial charge is 0.452 e. The number of carbonyl (C=O) groups excluding carboxylic acids is 2. The molecule has 1 aromatic heterocycles. The molecule has 0 bridgehead atoms. The first-order valence-corrected chi connectivity index (χ1v) is 9.61. The molecule has 150 valence electrons. The van der Waals surface area contributed by atoms with Crippen LogP contribution in [-0.4, -0.2) is 28.1 Å². The molecule has 0 unspecified atom stereocenters. The van der Waals surface area contributed by atoms with E-state index in [4.69, 9.17) is 4.74 Å². The van der Waals surface area contributed by atoms with Gasteiger partial charge in [-0.05, 0) is 31.4 Å². The third-order valence-electron chi connectivity index (χ3n) is 4.74. The van der Waals surface area contributed by atoms with Crippen molar-refractivity contribution in [3.63, 3.8) is 0 Å². The van der Waals surface area contributed by atoms with E-state index in [1.165, 1.54) is 4.68 Å². The summed E-state index contributed by atoms with van der Waals surface area (Å²) in [5.74, 6) is -0.661. The maximum Gasteiger partial charge on any atom is 0.359 e. The zero-order chi connectivity index (χ0) is 21.1. The number of benzene rings is 2. The van der Waals surface area contributed by atoms with Gasteiger partial charge in [0.25, 0.3) is 5.56 Å². The Morgan fingerprint density at radius 3 is 2.17 bits per heavy atom. The number of esters is 1. The number of hydrogen-bond acceptors (Lipinski definition) is 5. The predicted octanol–water partition coefficient (Wildman–Crippen LogP) is 4.14. The maximum absolute atomic E-state index is 12.7. The van der Waals surface area contributed by atoms with Gasteiger partial charge in [0.05, 0.1) is 11.4 Å². The molecule has 0 spiro atoms. The average Bonchev–Trinajstić information content (AvgIpc) is 2.72. The molecule has 29 heavy (non-hydrogen) atoms. The van der Waals surface area contributed by atoms with Gasteiger partial charge in [-0.15, -0.1) is 0 Å². The van der Waals surface area contributed by atoms with Crippen molar-refractivity contribution in [3.8, 4) is 0 Å². The second kappa shape index (κ2) is 8.39. The van der Waals surface area contributed by atoms with Gasteiger partial charge in [0, 0.05) is 10.9 Å². The monoisotopic (exact) mass is 392 g/mol. The number of hydrogen-bond donors (Lipinski definition) is 0. The van der Waals surface area contributed by atoms with Crippen LogP contribution in [0.5, 0.6) is 0 Å². The van der Waals surface area contributed by atoms with Crippen molar-refractivity contribution >= 4 is 22.5 Å². The Labute approximate surface area is 169 Å². The Balaban J connectivity index is 1.84. The third kappa shape index (κ3) is 4.26. The fraction of sp³-hybridized carbons (Fsp3) is 0.304. The van der Waals surface area contributed by atoms with Gasteiger partial charge in [0.2, 0.25) is 0 Å². The van der Waals surface area contributed by atoms with Crippen molar-refractivity contribution in [2.45, 2.75) is 39.7 Å². The van der Waals surface area contributed by atoms with Crippen LogP contribution in [0.1, 0.15) is 66.1 Å². The van der Waals surface area contributed by atoms with E-state index in [1.807, 2.05) is 26.0 Å². The quantitative estimate of drug-likeness (QED) is 0.465. The van der Waals surface area contributed by atoms with Gasteiger partial charge in [0.1, 0.15) is 0 Å². The number of ether oxygens (including phenoxy) is 1. The molecule has 0 fully saturated rings. The van der Waals surface area contributed by atoms with Crippen molar-refractivity contribution in [3.05, 3.63) is 75.7 Å². The minimum Gasteiger partial charge on any atom is -0.452 e. The fourth-order valence-electron chi connectivity index (χ4n) is 3.04. The van der Waals surface area contributed by atoms with Crippen LogP contribution < -0.4 is 5.56 Å². The van der Waals surface area contributed by atoms with E-state index in [9.17, 15) is 14.4 Å². The van der Waals surface area contributed by atoms with Gasteiger partial charge in [0.15, 0.2) is 18.1 Å². The number of carbonyl (C=O) groups is 2. The lowest BCUT2D eigenvalue weighted by molar-refractivity contribution is 0.0468. The normalized spacial score (nSPS) is 11.2. The highest BCUT2D eigenvalue weighted by atomic mass is 16.5. The van der Waals surface area contributed by atoms with E-state index < -0.39 is 12.6 Å². The van der Waals surface area contributed by atoms with Crippen LogP contribution in [0.3, 0.4) is 0 Å². The van der Waals surface area contributed by atoms with Gasteiger partial charge < -0.3 is 4.74 Å². The van der Waals surface area contributed by atoms with E-state index in [0.29, 0.717) is 22.3 Å². The number of fused-ring (bicyclic) bond motifs is 1. The highest BCUT2D eigenvalue weighted by Gasteiger charge is 2.20. The Bertz CT molecular complexity index is 1110. The summed E-state index contributed by atoms with van der Waals surface area (Å²) in [7, 11) is 0. The molecule has 0 aliphatic rings. The van der Waals surface area contributed by atoms with Gasteiger partial charge in [-0.3, -0.25) is 9.59 Å². The van der Waals surface area contributed by atoms with Gasteiger partial charge >= 0.3 is 5.97 Å². The lowest BCUT2D eigenvalue weighted by Crippen LogP contribution is -2.28. The lowest BCUT2D eigenvalue weighted by Gasteiger charge is -2.13. The Hall–Kier alpha value is -3.28. The molecule has 0 amide bonds. The molecular weight excluding hydrogens is 368 g/mol. The number of Topliss-reactive ketones (excluding diaryl/α,β-unsaturated/α-hetero) is 1. The first kappa shape index (κ1) is 20.5. The predicted molar refractivity (Wildman–Crippen MR) is 112 cm³/mol. The van der Waals surface area contributed by atoms with Gasteiger partial charge in [-0.25, -0.2) is 9.48 Å². The Kier molecular flexibility index (Phi) is 5.92. The average molecular weight is 392 g/mol. The zero-order valence-corrected chi connectivity index (χ0v) is 17.0. The second-order valence-electron chi connectivity index (χ2n) is 7.51. The van der Waals surface area contributed by atoms with Crippen LogP contribution in [-0.2, 0) is 4.74 Å². The molecule has 0 aliphatic carbocycles. The van der Waals surface area contributed by atoms with Crippen molar-refractivity contribution < 1.29 is 14.3 Å². The Morgan fingerprint density at radius 2 is 1.59 bits per heavy atom. The molecule has 0 radical (unpaired) electrons. The van der Waals surface area contributed by atoms with Crippen LogP contribution in [0.25, 0.3) is 10.8 Å². The summed E-state index contributed by atoms with van der Waals surface area (Å²) >= 11 is 0. The van der Waals surface area contributed by atoms with Gasteiger partial charge in [-0.1, -0.05) is 56.3 Å². The highest BCUT2D eigenvalue weighted by Crippen LogP contribution is 2.17. The van der Waals surface area contributed by atoms with E-state index in [1.54, 1.807) is 36.4 Å². The van der Waals surface area contributed by atoms with Crippen molar-refractivity contribution in [2.24, 2.45) is 0 Å². The summed E-state index contributed by atoms with van der Waals surface area (Å²) in [6.45, 7) is 7.38. The molecule has 0 saturated carbocycles. The SMILES string of the molecule is CC(C)c1ccc(C(=O)COC(=O)c2nn(C(C)C)c(=O)c3ccccc23)cc1. The van der Waals surface area contributed by atoms with Crippen molar-refractivity contribution in [1.82, 2.24) is 9.78 Å². The molecular formula is C23H24N2O4. The van der Waals surface area contributed by atoms with Crippen molar-refractivity contribution in [1.29, 1.82) is 0 Å². The topological polar surface area (TPSA) is 78.3 Å². The molecule has 0 saturated heterocycles.